The molecule has 0 aliphatic rings. The van der Waals surface area contributed by atoms with E-state index in [1.54, 1.807) is 30.5 Å². The van der Waals surface area contributed by atoms with Gasteiger partial charge in [-0.15, -0.1) is 11.3 Å². The lowest BCUT2D eigenvalue weighted by Gasteiger charge is -2.04. The minimum absolute atomic E-state index is 0.0352. The first-order chi connectivity index (χ1) is 9.58. The quantitative estimate of drug-likeness (QED) is 0.481. The molecule has 0 N–H and O–H groups in total. The van der Waals surface area contributed by atoms with Gasteiger partial charge in [-0.2, -0.15) is 0 Å². The fourth-order valence-electron chi connectivity index (χ4n) is 1.69. The van der Waals surface area contributed by atoms with Gasteiger partial charge in [-0.05, 0) is 6.92 Å². The topological polar surface area (TPSA) is 82.3 Å². The Labute approximate surface area is 119 Å². The summed E-state index contributed by atoms with van der Waals surface area (Å²) in [6.07, 6.45) is 0.298. The zero-order valence-corrected chi connectivity index (χ0v) is 11.6. The number of ether oxygens (including phenoxy) is 1. The predicted molar refractivity (Wildman–Crippen MR) is 73.9 cm³/mol. The van der Waals surface area contributed by atoms with E-state index >= 15 is 0 Å². The second kappa shape index (κ2) is 6.25. The number of benzene rings is 1. The minimum Gasteiger partial charge on any atom is -0.461 e. The van der Waals surface area contributed by atoms with Gasteiger partial charge in [0.25, 0.3) is 5.69 Å². The van der Waals surface area contributed by atoms with Crippen LogP contribution in [0.5, 0.6) is 0 Å². The minimum atomic E-state index is -0.507. The largest absolute Gasteiger partial charge is 0.461 e. The fourth-order valence-corrected chi connectivity index (χ4v) is 2.27. The molecule has 6 nitrogen and oxygen atoms in total. The molecule has 7 heteroatoms. The molecular weight excluding hydrogens is 280 g/mol. The van der Waals surface area contributed by atoms with Crippen molar-refractivity contribution in [3.05, 3.63) is 56.0 Å². The molecule has 0 atom stereocenters. The van der Waals surface area contributed by atoms with Crippen molar-refractivity contribution in [2.45, 2.75) is 13.3 Å². The highest BCUT2D eigenvalue weighted by Gasteiger charge is 2.14. The van der Waals surface area contributed by atoms with Gasteiger partial charge in [-0.3, -0.25) is 10.1 Å². The van der Waals surface area contributed by atoms with E-state index in [0.717, 1.165) is 5.01 Å². The van der Waals surface area contributed by atoms with Crippen LogP contribution in [0.15, 0.2) is 29.6 Å². The van der Waals surface area contributed by atoms with E-state index < -0.39 is 10.9 Å². The summed E-state index contributed by atoms with van der Waals surface area (Å²) in [7, 11) is 0. The molecule has 2 aromatic rings. The van der Waals surface area contributed by atoms with Crippen LogP contribution in [0, 0.1) is 17.0 Å². The first-order valence-corrected chi connectivity index (χ1v) is 6.77. The third kappa shape index (κ3) is 3.39. The Hall–Kier alpha value is -2.28. The molecule has 0 saturated carbocycles. The molecule has 0 bridgehead atoms. The summed E-state index contributed by atoms with van der Waals surface area (Å²) in [5, 5.41) is 13.2. The highest BCUT2D eigenvalue weighted by atomic mass is 32.1. The molecule has 0 aliphatic heterocycles. The van der Waals surface area contributed by atoms with Crippen molar-refractivity contribution in [2.24, 2.45) is 0 Å². The summed E-state index contributed by atoms with van der Waals surface area (Å²) >= 11 is 1.37. The van der Waals surface area contributed by atoms with Crippen molar-refractivity contribution in [3.8, 4) is 0 Å². The molecule has 0 aliphatic carbocycles. The van der Waals surface area contributed by atoms with E-state index in [2.05, 4.69) is 4.98 Å². The second-order valence-electron chi connectivity index (χ2n) is 4.02. The molecule has 0 amide bonds. The summed E-state index contributed by atoms with van der Waals surface area (Å²) in [5.74, 6) is -0.507. The Kier molecular flexibility index (Phi) is 4.41. The van der Waals surface area contributed by atoms with E-state index in [1.165, 1.54) is 17.4 Å². The number of esters is 1. The van der Waals surface area contributed by atoms with Crippen LogP contribution in [-0.2, 0) is 11.2 Å². The number of rotatable bonds is 5. The monoisotopic (exact) mass is 292 g/mol. The summed E-state index contributed by atoms with van der Waals surface area (Å²) < 4.78 is 5.06. The van der Waals surface area contributed by atoms with Crippen LogP contribution < -0.4 is 0 Å². The summed E-state index contributed by atoms with van der Waals surface area (Å²) in [6.45, 7) is 1.88. The van der Waals surface area contributed by atoms with E-state index in [1.807, 2.05) is 0 Å². The maximum Gasteiger partial charge on any atom is 0.357 e. The molecule has 0 radical (unpaired) electrons. The number of aromatic nitrogens is 1. The number of para-hydroxylation sites is 1. The second-order valence-corrected chi connectivity index (χ2v) is 5.09. The summed E-state index contributed by atoms with van der Waals surface area (Å²) in [6, 6.07) is 6.40. The molecule has 1 aromatic heterocycles. The highest BCUT2D eigenvalue weighted by Crippen LogP contribution is 2.18. The van der Waals surface area contributed by atoms with E-state index in [-0.39, 0.29) is 18.0 Å². The molecule has 0 fully saturated rings. The van der Waals surface area contributed by atoms with Crippen molar-refractivity contribution in [1.29, 1.82) is 0 Å². The molecular formula is C13H12N2O4S. The Morgan fingerprint density at radius 3 is 2.85 bits per heavy atom. The van der Waals surface area contributed by atoms with Gasteiger partial charge in [0.05, 0.1) is 16.5 Å². The first-order valence-electron chi connectivity index (χ1n) is 5.89. The normalized spacial score (nSPS) is 10.2. The zero-order chi connectivity index (χ0) is 14.5. The zero-order valence-electron chi connectivity index (χ0n) is 10.7. The lowest BCUT2D eigenvalue weighted by Crippen LogP contribution is -2.09. The molecule has 2 rings (SSSR count). The third-order valence-corrected chi connectivity index (χ3v) is 3.39. The van der Waals surface area contributed by atoms with Gasteiger partial charge in [0.15, 0.2) is 5.69 Å². The van der Waals surface area contributed by atoms with Crippen LogP contribution in [0.4, 0.5) is 5.69 Å². The van der Waals surface area contributed by atoms with Crippen molar-refractivity contribution in [3.63, 3.8) is 0 Å². The van der Waals surface area contributed by atoms with Crippen LogP contribution in [0.2, 0.25) is 0 Å². The Balaban J connectivity index is 1.93. The van der Waals surface area contributed by atoms with E-state index in [0.29, 0.717) is 12.0 Å². The summed E-state index contributed by atoms with van der Waals surface area (Å²) in [4.78, 5) is 26.1. The molecule has 20 heavy (non-hydrogen) atoms. The predicted octanol–water partition coefficient (Wildman–Crippen LogP) is 2.76. The number of nitrogens with zero attached hydrogens (tertiary/aromatic N) is 2. The Bertz CT molecular complexity index is 639. The van der Waals surface area contributed by atoms with Gasteiger partial charge in [0, 0.05) is 23.4 Å². The van der Waals surface area contributed by atoms with E-state index in [4.69, 9.17) is 4.74 Å². The lowest BCUT2D eigenvalue weighted by atomic mass is 10.1. The fraction of sp³-hybridized carbons (Fsp3) is 0.231. The maximum absolute atomic E-state index is 11.7. The van der Waals surface area contributed by atoms with Gasteiger partial charge in [-0.1, -0.05) is 18.2 Å². The number of hydrogen-bond donors (Lipinski definition) is 0. The van der Waals surface area contributed by atoms with Crippen molar-refractivity contribution in [2.75, 3.05) is 6.61 Å². The first kappa shape index (κ1) is 14.1. The number of nitro benzene ring substituents is 1. The van der Waals surface area contributed by atoms with Crippen LogP contribution in [-0.4, -0.2) is 22.5 Å². The van der Waals surface area contributed by atoms with Crippen molar-refractivity contribution >= 4 is 23.0 Å². The van der Waals surface area contributed by atoms with Gasteiger partial charge in [-0.25, -0.2) is 9.78 Å². The maximum atomic E-state index is 11.7. The van der Waals surface area contributed by atoms with Crippen LogP contribution >= 0.6 is 11.3 Å². The van der Waals surface area contributed by atoms with Crippen LogP contribution in [0.25, 0.3) is 0 Å². The van der Waals surface area contributed by atoms with Crippen molar-refractivity contribution in [1.82, 2.24) is 4.98 Å². The number of carbonyl (C=O) groups is 1. The molecule has 104 valence electrons. The number of hydrogen-bond acceptors (Lipinski definition) is 6. The van der Waals surface area contributed by atoms with Crippen LogP contribution in [0.3, 0.4) is 0 Å². The van der Waals surface area contributed by atoms with Gasteiger partial charge in [0.1, 0.15) is 0 Å². The van der Waals surface area contributed by atoms with Gasteiger partial charge < -0.3 is 4.74 Å². The number of nitro groups is 1. The van der Waals surface area contributed by atoms with E-state index in [9.17, 15) is 14.9 Å². The molecule has 1 heterocycles. The number of aryl methyl sites for hydroxylation is 1. The number of carbonyl (C=O) groups excluding carboxylic acids is 1. The average molecular weight is 292 g/mol. The Morgan fingerprint density at radius 1 is 1.45 bits per heavy atom. The van der Waals surface area contributed by atoms with Crippen LogP contribution in [0.1, 0.15) is 21.1 Å². The lowest BCUT2D eigenvalue weighted by molar-refractivity contribution is -0.385. The molecule has 0 saturated heterocycles. The van der Waals surface area contributed by atoms with Gasteiger partial charge in [0.2, 0.25) is 0 Å². The number of thiazole rings is 1. The average Bonchev–Trinajstić information content (AvgIpc) is 2.86. The van der Waals surface area contributed by atoms with Crippen molar-refractivity contribution < 1.29 is 14.5 Å². The highest BCUT2D eigenvalue weighted by molar-refractivity contribution is 7.09. The molecule has 1 aromatic carbocycles. The Morgan fingerprint density at radius 2 is 2.20 bits per heavy atom. The molecule has 0 spiro atoms. The molecule has 0 unspecified atom stereocenters. The SMILES string of the molecule is Cc1nc(C(=O)OCCc2ccccc2[N+](=O)[O-])cs1. The third-order valence-electron chi connectivity index (χ3n) is 2.62. The summed E-state index contributed by atoms with van der Waals surface area (Å²) in [5.41, 5.74) is 0.850. The standard InChI is InChI=1S/C13H12N2O4S/c1-9-14-11(8-20-9)13(16)19-7-6-10-4-2-3-5-12(10)15(17)18/h2-5,8H,6-7H2,1H3. The van der Waals surface area contributed by atoms with Gasteiger partial charge >= 0.3 is 5.97 Å². The smallest absolute Gasteiger partial charge is 0.357 e.